The Hall–Kier alpha value is -2.19. The highest BCUT2D eigenvalue weighted by atomic mass is 32.2. The van der Waals surface area contributed by atoms with Gasteiger partial charge in [0.25, 0.3) is 5.56 Å². The van der Waals surface area contributed by atoms with Gasteiger partial charge in [0.15, 0.2) is 5.16 Å². The van der Waals surface area contributed by atoms with Gasteiger partial charge in [0.1, 0.15) is 10.6 Å². The summed E-state index contributed by atoms with van der Waals surface area (Å²) in [6.45, 7) is 3.69. The zero-order chi connectivity index (χ0) is 19.0. The summed E-state index contributed by atoms with van der Waals surface area (Å²) in [5.41, 5.74) is 1.29. The fourth-order valence-corrected chi connectivity index (χ4v) is 4.75. The summed E-state index contributed by atoms with van der Waals surface area (Å²) in [6, 6.07) is 6.06. The van der Waals surface area contributed by atoms with Crippen LogP contribution in [0.2, 0.25) is 0 Å². The molecule has 0 saturated heterocycles. The van der Waals surface area contributed by atoms with Gasteiger partial charge in [0.05, 0.1) is 10.6 Å². The van der Waals surface area contributed by atoms with Gasteiger partial charge >= 0.3 is 0 Å². The number of thiophene rings is 1. The van der Waals surface area contributed by atoms with Crippen molar-refractivity contribution in [3.63, 3.8) is 0 Å². The van der Waals surface area contributed by atoms with E-state index >= 15 is 0 Å². The number of carbonyl (C=O) groups excluding carboxylic acids is 1. The molecule has 8 heteroatoms. The molecule has 0 fully saturated rings. The lowest BCUT2D eigenvalue weighted by Crippen LogP contribution is -2.30. The highest BCUT2D eigenvalue weighted by Gasteiger charge is 2.20. The van der Waals surface area contributed by atoms with E-state index in [1.807, 2.05) is 6.92 Å². The molecule has 3 aromatic rings. The van der Waals surface area contributed by atoms with Gasteiger partial charge in [0, 0.05) is 24.5 Å². The lowest BCUT2D eigenvalue weighted by atomic mass is 10.0. The standard InChI is InChI=1S/C18H18FN3O2S2/c1-9-13(11-5-7-12(19)8-6-11)14-15(23)20-18(21-16(14)25-9)26-10(2)17(24)22(3)4/h5-8,10H,1-4H3,(H,20,21,23)/t10-/m0/s1. The van der Waals surface area contributed by atoms with E-state index in [1.54, 1.807) is 33.2 Å². The van der Waals surface area contributed by atoms with Crippen LogP contribution < -0.4 is 5.56 Å². The Morgan fingerprint density at radius 1 is 1.31 bits per heavy atom. The largest absolute Gasteiger partial charge is 0.348 e. The molecule has 0 aliphatic carbocycles. The van der Waals surface area contributed by atoms with Crippen LogP contribution in [0, 0.1) is 12.7 Å². The predicted octanol–water partition coefficient (Wildman–Crippen LogP) is 3.67. The minimum absolute atomic E-state index is 0.0490. The molecule has 2 aromatic heterocycles. The second-order valence-corrected chi connectivity index (χ2v) is 8.62. The minimum Gasteiger partial charge on any atom is -0.348 e. The fourth-order valence-electron chi connectivity index (χ4n) is 2.70. The zero-order valence-electron chi connectivity index (χ0n) is 14.8. The number of aromatic amines is 1. The minimum atomic E-state index is -0.358. The first kappa shape index (κ1) is 18.6. The third-order valence-electron chi connectivity index (χ3n) is 3.93. The van der Waals surface area contributed by atoms with E-state index in [9.17, 15) is 14.0 Å². The van der Waals surface area contributed by atoms with E-state index in [0.717, 1.165) is 16.0 Å². The molecule has 0 bridgehead atoms. The highest BCUT2D eigenvalue weighted by Crippen LogP contribution is 2.36. The summed E-state index contributed by atoms with van der Waals surface area (Å²) in [6.07, 6.45) is 0. The van der Waals surface area contributed by atoms with Gasteiger partial charge in [-0.2, -0.15) is 0 Å². The number of amides is 1. The molecular weight excluding hydrogens is 373 g/mol. The van der Waals surface area contributed by atoms with Crippen molar-refractivity contribution in [1.29, 1.82) is 0 Å². The summed E-state index contributed by atoms with van der Waals surface area (Å²) in [5, 5.41) is 0.551. The van der Waals surface area contributed by atoms with Crippen molar-refractivity contribution >= 4 is 39.2 Å². The normalized spacial score (nSPS) is 12.3. The Morgan fingerprint density at radius 3 is 2.58 bits per heavy atom. The van der Waals surface area contributed by atoms with Crippen molar-refractivity contribution in [2.75, 3.05) is 14.1 Å². The van der Waals surface area contributed by atoms with Crippen LogP contribution in [0.5, 0.6) is 0 Å². The van der Waals surface area contributed by atoms with Crippen molar-refractivity contribution in [2.45, 2.75) is 24.3 Å². The van der Waals surface area contributed by atoms with E-state index in [1.165, 1.54) is 40.1 Å². The SMILES string of the molecule is Cc1sc2nc(S[C@@H](C)C(=O)N(C)C)[nH]c(=O)c2c1-c1ccc(F)cc1. The maximum atomic E-state index is 13.2. The Balaban J connectivity index is 2.05. The molecule has 26 heavy (non-hydrogen) atoms. The average Bonchev–Trinajstić information content (AvgIpc) is 2.91. The highest BCUT2D eigenvalue weighted by molar-refractivity contribution is 8.00. The molecule has 5 nitrogen and oxygen atoms in total. The Morgan fingerprint density at radius 2 is 1.96 bits per heavy atom. The number of aromatic nitrogens is 2. The fraction of sp³-hybridized carbons (Fsp3) is 0.278. The Bertz CT molecular complexity index is 1030. The third-order valence-corrected chi connectivity index (χ3v) is 5.90. The number of H-pyrrole nitrogens is 1. The average molecular weight is 391 g/mol. The van der Waals surface area contributed by atoms with Gasteiger partial charge in [-0.15, -0.1) is 11.3 Å². The van der Waals surface area contributed by atoms with E-state index < -0.39 is 0 Å². The first-order valence-electron chi connectivity index (χ1n) is 7.95. The topological polar surface area (TPSA) is 66.1 Å². The molecule has 0 aliphatic rings. The van der Waals surface area contributed by atoms with Crippen LogP contribution in [0.25, 0.3) is 21.3 Å². The van der Waals surface area contributed by atoms with Crippen LogP contribution in [0.3, 0.4) is 0 Å². The molecule has 0 spiro atoms. The van der Waals surface area contributed by atoms with Gasteiger partial charge in [-0.1, -0.05) is 23.9 Å². The van der Waals surface area contributed by atoms with Crippen LogP contribution in [-0.4, -0.2) is 40.1 Å². The Kier molecular flexibility index (Phi) is 5.15. The second kappa shape index (κ2) is 7.20. The first-order valence-corrected chi connectivity index (χ1v) is 9.64. The molecule has 1 atom stereocenters. The number of thioether (sulfide) groups is 1. The lowest BCUT2D eigenvalue weighted by molar-refractivity contribution is -0.127. The van der Waals surface area contributed by atoms with Crippen LogP contribution >= 0.6 is 23.1 Å². The number of nitrogens with zero attached hydrogens (tertiary/aromatic N) is 2. The molecule has 1 amide bonds. The third kappa shape index (κ3) is 3.52. The molecule has 0 unspecified atom stereocenters. The zero-order valence-corrected chi connectivity index (χ0v) is 16.4. The van der Waals surface area contributed by atoms with Gasteiger partial charge < -0.3 is 9.88 Å². The molecule has 3 rings (SSSR count). The molecule has 0 radical (unpaired) electrons. The van der Waals surface area contributed by atoms with E-state index in [-0.39, 0.29) is 22.5 Å². The number of hydrogen-bond donors (Lipinski definition) is 1. The van der Waals surface area contributed by atoms with Crippen molar-refractivity contribution in [3.8, 4) is 11.1 Å². The molecule has 1 N–H and O–H groups in total. The number of aryl methyl sites for hydroxylation is 1. The van der Waals surface area contributed by atoms with Gasteiger partial charge in [-0.3, -0.25) is 9.59 Å². The number of halogens is 1. The van der Waals surface area contributed by atoms with E-state index in [4.69, 9.17) is 0 Å². The van der Waals surface area contributed by atoms with Crippen LogP contribution in [-0.2, 0) is 4.79 Å². The predicted molar refractivity (Wildman–Crippen MR) is 104 cm³/mol. The number of carbonyl (C=O) groups is 1. The summed E-state index contributed by atoms with van der Waals surface area (Å²) >= 11 is 2.64. The molecule has 0 saturated carbocycles. The molecule has 0 aliphatic heterocycles. The van der Waals surface area contributed by atoms with Crippen LogP contribution in [0.1, 0.15) is 11.8 Å². The number of fused-ring (bicyclic) bond motifs is 1. The Labute approximate surface area is 158 Å². The quantitative estimate of drug-likeness (QED) is 0.544. The second-order valence-electron chi connectivity index (χ2n) is 6.08. The maximum absolute atomic E-state index is 13.2. The summed E-state index contributed by atoms with van der Waals surface area (Å²) in [4.78, 5) is 35.1. The lowest BCUT2D eigenvalue weighted by Gasteiger charge is -2.15. The van der Waals surface area contributed by atoms with Crippen LogP contribution in [0.15, 0.2) is 34.2 Å². The van der Waals surface area contributed by atoms with Gasteiger partial charge in [0.2, 0.25) is 5.91 Å². The molecular formula is C18H18FN3O2S2. The number of benzene rings is 1. The van der Waals surface area contributed by atoms with E-state index in [2.05, 4.69) is 9.97 Å². The summed E-state index contributed by atoms with van der Waals surface area (Å²) in [5.74, 6) is -0.372. The van der Waals surface area contributed by atoms with Gasteiger partial charge in [-0.25, -0.2) is 9.37 Å². The van der Waals surface area contributed by atoms with Crippen LogP contribution in [0.4, 0.5) is 4.39 Å². The number of nitrogens with one attached hydrogen (secondary N) is 1. The summed E-state index contributed by atoms with van der Waals surface area (Å²) < 4.78 is 13.2. The van der Waals surface area contributed by atoms with E-state index in [0.29, 0.717) is 15.4 Å². The van der Waals surface area contributed by atoms with Crippen molar-refractivity contribution < 1.29 is 9.18 Å². The van der Waals surface area contributed by atoms with Crippen molar-refractivity contribution in [3.05, 3.63) is 45.3 Å². The summed E-state index contributed by atoms with van der Waals surface area (Å²) in [7, 11) is 3.38. The molecule has 2 heterocycles. The number of hydrogen-bond acceptors (Lipinski definition) is 5. The molecule has 136 valence electrons. The smallest absolute Gasteiger partial charge is 0.260 e. The van der Waals surface area contributed by atoms with Crippen molar-refractivity contribution in [2.24, 2.45) is 0 Å². The van der Waals surface area contributed by atoms with Gasteiger partial charge in [-0.05, 0) is 31.5 Å². The van der Waals surface area contributed by atoms with Crippen molar-refractivity contribution in [1.82, 2.24) is 14.9 Å². The monoisotopic (exact) mass is 391 g/mol. The maximum Gasteiger partial charge on any atom is 0.260 e. The number of rotatable bonds is 4. The molecule has 1 aromatic carbocycles. The first-order chi connectivity index (χ1) is 12.3.